The van der Waals surface area contributed by atoms with Crippen LogP contribution in [-0.4, -0.2) is 37.6 Å². The highest BCUT2D eigenvalue weighted by molar-refractivity contribution is 8.26. The molecule has 1 aliphatic rings. The van der Waals surface area contributed by atoms with Crippen molar-refractivity contribution in [2.45, 2.75) is 46.0 Å². The highest BCUT2D eigenvalue weighted by Crippen LogP contribution is 2.33. The second-order valence-electron chi connectivity index (χ2n) is 6.89. The molecular weight excluding hydrogens is 404 g/mol. The standard InChI is InChI=1S/C21H26N4O2S2/c1-3-5-6-7-9-13-25-20(27)16(29-21(25)28)14-15-18(22-4-2)23-17-11-8-10-12-24(17)19(15)26/h8,10-12,14,22H,3-7,9,13H2,1-2H3/b16-14+. The minimum Gasteiger partial charge on any atom is -0.370 e. The van der Waals surface area contributed by atoms with Crippen molar-refractivity contribution in [2.24, 2.45) is 0 Å². The van der Waals surface area contributed by atoms with Gasteiger partial charge in [0.2, 0.25) is 0 Å². The number of hydrogen-bond donors (Lipinski definition) is 1. The molecule has 2 aromatic heterocycles. The highest BCUT2D eigenvalue weighted by atomic mass is 32.2. The fraction of sp³-hybridized carbons (Fsp3) is 0.429. The Morgan fingerprint density at radius 3 is 2.72 bits per heavy atom. The van der Waals surface area contributed by atoms with E-state index >= 15 is 0 Å². The Hall–Kier alpha value is -2.19. The third-order valence-electron chi connectivity index (χ3n) is 4.75. The van der Waals surface area contributed by atoms with Crippen molar-refractivity contribution in [1.29, 1.82) is 0 Å². The van der Waals surface area contributed by atoms with E-state index in [-0.39, 0.29) is 11.5 Å². The van der Waals surface area contributed by atoms with E-state index < -0.39 is 0 Å². The van der Waals surface area contributed by atoms with Crippen molar-refractivity contribution >= 4 is 51.7 Å². The lowest BCUT2D eigenvalue weighted by Gasteiger charge is -2.14. The van der Waals surface area contributed by atoms with Crippen molar-refractivity contribution in [3.8, 4) is 0 Å². The topological polar surface area (TPSA) is 66.7 Å². The van der Waals surface area contributed by atoms with Crippen molar-refractivity contribution in [1.82, 2.24) is 14.3 Å². The predicted molar refractivity (Wildman–Crippen MR) is 124 cm³/mol. The number of unbranched alkanes of at least 4 members (excludes halogenated alkanes) is 4. The molecule has 1 aliphatic heterocycles. The van der Waals surface area contributed by atoms with Crippen molar-refractivity contribution in [3.05, 3.63) is 45.2 Å². The van der Waals surface area contributed by atoms with Crippen LogP contribution in [-0.2, 0) is 4.79 Å². The zero-order chi connectivity index (χ0) is 20.8. The van der Waals surface area contributed by atoms with Crippen LogP contribution < -0.4 is 10.9 Å². The minimum absolute atomic E-state index is 0.129. The molecule has 2 aromatic rings. The fourth-order valence-corrected chi connectivity index (χ4v) is 4.52. The van der Waals surface area contributed by atoms with Gasteiger partial charge in [0.1, 0.15) is 15.8 Å². The molecule has 0 radical (unpaired) electrons. The number of thioether (sulfide) groups is 1. The van der Waals surface area contributed by atoms with E-state index in [2.05, 4.69) is 17.2 Å². The Labute approximate surface area is 180 Å². The van der Waals surface area contributed by atoms with Gasteiger partial charge < -0.3 is 5.32 Å². The zero-order valence-corrected chi connectivity index (χ0v) is 18.4. The second-order valence-corrected chi connectivity index (χ2v) is 8.56. The van der Waals surface area contributed by atoms with Gasteiger partial charge in [0.05, 0.1) is 10.5 Å². The Bertz CT molecular complexity index is 1000. The molecule has 29 heavy (non-hydrogen) atoms. The number of rotatable bonds is 9. The van der Waals surface area contributed by atoms with Crippen molar-refractivity contribution < 1.29 is 4.79 Å². The molecule has 0 unspecified atom stereocenters. The van der Waals surface area contributed by atoms with E-state index in [0.29, 0.717) is 39.3 Å². The summed E-state index contributed by atoms with van der Waals surface area (Å²) in [6, 6.07) is 5.40. The first kappa shape index (κ1) is 21.5. The van der Waals surface area contributed by atoms with Crippen LogP contribution in [0.15, 0.2) is 34.1 Å². The molecule has 3 heterocycles. The van der Waals surface area contributed by atoms with Crippen molar-refractivity contribution in [3.63, 3.8) is 0 Å². The first-order valence-corrected chi connectivity index (χ1v) is 11.3. The quantitative estimate of drug-likeness (QED) is 0.364. The van der Waals surface area contributed by atoms with Gasteiger partial charge >= 0.3 is 0 Å². The number of fused-ring (bicyclic) bond motifs is 1. The summed E-state index contributed by atoms with van der Waals surface area (Å²) in [6.45, 7) is 5.37. The van der Waals surface area contributed by atoms with Crippen LogP contribution in [0.25, 0.3) is 11.7 Å². The molecule has 1 N–H and O–H groups in total. The molecule has 0 spiro atoms. The SMILES string of the molecule is CCCCCCCN1C(=O)/C(=C\c2c(NCC)nc3ccccn3c2=O)SC1=S. The normalized spacial score (nSPS) is 15.7. The van der Waals surface area contributed by atoms with E-state index in [1.165, 1.54) is 35.4 Å². The van der Waals surface area contributed by atoms with Gasteiger partial charge in [-0.1, -0.05) is 62.7 Å². The molecule has 8 heteroatoms. The molecule has 0 bridgehead atoms. The van der Waals surface area contributed by atoms with Gasteiger partial charge in [0.15, 0.2) is 0 Å². The average Bonchev–Trinajstić information content (AvgIpc) is 2.98. The van der Waals surface area contributed by atoms with Gasteiger partial charge in [-0.2, -0.15) is 0 Å². The van der Waals surface area contributed by atoms with Crippen LogP contribution in [0.4, 0.5) is 5.82 Å². The summed E-state index contributed by atoms with van der Waals surface area (Å²) in [7, 11) is 0. The average molecular weight is 431 g/mol. The molecule has 0 aliphatic carbocycles. The molecular formula is C21H26N4O2S2. The monoisotopic (exact) mass is 430 g/mol. The van der Waals surface area contributed by atoms with Crippen LogP contribution in [0.1, 0.15) is 51.5 Å². The Balaban J connectivity index is 1.88. The lowest BCUT2D eigenvalue weighted by Crippen LogP contribution is -2.29. The maximum atomic E-state index is 13.0. The molecule has 0 aromatic carbocycles. The lowest BCUT2D eigenvalue weighted by molar-refractivity contribution is -0.122. The van der Waals surface area contributed by atoms with E-state index in [1.807, 2.05) is 13.0 Å². The van der Waals surface area contributed by atoms with E-state index in [4.69, 9.17) is 12.2 Å². The largest absolute Gasteiger partial charge is 0.370 e. The van der Waals surface area contributed by atoms with E-state index in [1.54, 1.807) is 29.3 Å². The molecule has 1 saturated heterocycles. The van der Waals surface area contributed by atoms with Crippen LogP contribution >= 0.6 is 24.0 Å². The van der Waals surface area contributed by atoms with Crippen LogP contribution in [0.2, 0.25) is 0 Å². The fourth-order valence-electron chi connectivity index (χ4n) is 3.23. The Morgan fingerprint density at radius 1 is 1.17 bits per heavy atom. The summed E-state index contributed by atoms with van der Waals surface area (Å²) in [5, 5.41) is 3.14. The second kappa shape index (κ2) is 10.0. The number of amides is 1. The van der Waals surface area contributed by atoms with Gasteiger partial charge in [-0.3, -0.25) is 18.9 Å². The molecule has 154 valence electrons. The van der Waals surface area contributed by atoms with Crippen LogP contribution in [0.3, 0.4) is 0 Å². The first-order valence-electron chi connectivity index (χ1n) is 10.1. The third-order valence-corrected chi connectivity index (χ3v) is 6.13. The molecule has 0 atom stereocenters. The summed E-state index contributed by atoms with van der Waals surface area (Å²) < 4.78 is 2.04. The smallest absolute Gasteiger partial charge is 0.267 e. The third kappa shape index (κ3) is 4.87. The van der Waals surface area contributed by atoms with Gasteiger partial charge in [0, 0.05) is 19.3 Å². The summed E-state index contributed by atoms with van der Waals surface area (Å²) >= 11 is 6.67. The number of hydrogen-bond acceptors (Lipinski definition) is 6. The number of nitrogens with one attached hydrogen (secondary N) is 1. The number of anilines is 1. The van der Waals surface area contributed by atoms with Gasteiger partial charge in [-0.05, 0) is 31.6 Å². The minimum atomic E-state index is -0.212. The number of aromatic nitrogens is 2. The highest BCUT2D eigenvalue weighted by Gasteiger charge is 2.32. The molecule has 3 rings (SSSR count). The lowest BCUT2D eigenvalue weighted by atomic mass is 10.1. The van der Waals surface area contributed by atoms with Crippen molar-refractivity contribution in [2.75, 3.05) is 18.4 Å². The number of carbonyl (C=O) groups is 1. The maximum Gasteiger partial charge on any atom is 0.267 e. The molecule has 0 saturated carbocycles. The number of nitrogens with zero attached hydrogens (tertiary/aromatic N) is 3. The summed E-state index contributed by atoms with van der Waals surface area (Å²) in [6.07, 6.45) is 8.90. The Morgan fingerprint density at radius 2 is 1.97 bits per heavy atom. The Kier molecular flexibility index (Phi) is 7.44. The van der Waals surface area contributed by atoms with Crippen LogP contribution in [0.5, 0.6) is 0 Å². The maximum absolute atomic E-state index is 13.0. The van der Waals surface area contributed by atoms with Gasteiger partial charge in [-0.25, -0.2) is 4.98 Å². The number of thiocarbonyl (C=S) groups is 1. The van der Waals surface area contributed by atoms with Gasteiger partial charge in [-0.15, -0.1) is 0 Å². The summed E-state index contributed by atoms with van der Waals surface area (Å²) in [5.41, 5.74) is 0.723. The number of carbonyl (C=O) groups excluding carboxylic acids is 1. The number of pyridine rings is 1. The summed E-state index contributed by atoms with van der Waals surface area (Å²) in [5.74, 6) is 0.351. The zero-order valence-electron chi connectivity index (χ0n) is 16.8. The molecule has 1 amide bonds. The van der Waals surface area contributed by atoms with E-state index in [0.717, 1.165) is 12.8 Å². The van der Waals surface area contributed by atoms with E-state index in [9.17, 15) is 9.59 Å². The molecule has 1 fully saturated rings. The first-order chi connectivity index (χ1) is 14.1. The van der Waals surface area contributed by atoms with Gasteiger partial charge in [0.25, 0.3) is 11.5 Å². The van der Waals surface area contributed by atoms with Crippen LogP contribution in [0, 0.1) is 0 Å². The summed E-state index contributed by atoms with van der Waals surface area (Å²) in [4.78, 5) is 32.6. The predicted octanol–water partition coefficient (Wildman–Crippen LogP) is 4.30. The molecule has 6 nitrogen and oxygen atoms in total.